The first-order chi connectivity index (χ1) is 12.8. The summed E-state index contributed by atoms with van der Waals surface area (Å²) in [6.45, 7) is 1.20. The van der Waals surface area contributed by atoms with Crippen LogP contribution < -0.4 is 15.4 Å². The van der Waals surface area contributed by atoms with E-state index in [1.165, 1.54) is 0 Å². The molecule has 0 aliphatic heterocycles. The molecule has 3 aromatic carbocycles. The lowest BCUT2D eigenvalue weighted by Crippen LogP contribution is -2.29. The van der Waals surface area contributed by atoms with E-state index in [0.29, 0.717) is 13.2 Å². The monoisotopic (exact) mass is 346 g/mol. The quantitative estimate of drug-likeness (QED) is 0.648. The smallest absolute Gasteiger partial charge is 0.239 e. The third kappa shape index (κ3) is 5.38. The molecule has 0 spiro atoms. The van der Waals surface area contributed by atoms with Gasteiger partial charge in [-0.2, -0.15) is 0 Å². The highest BCUT2D eigenvalue weighted by Crippen LogP contribution is 2.24. The fraction of sp³-hybridized carbons (Fsp3) is 0.136. The van der Waals surface area contributed by atoms with Crippen LogP contribution in [0.2, 0.25) is 0 Å². The summed E-state index contributed by atoms with van der Waals surface area (Å²) in [4.78, 5) is 12.1. The Hall–Kier alpha value is -3.27. The molecule has 0 atom stereocenters. The van der Waals surface area contributed by atoms with Gasteiger partial charge in [-0.25, -0.2) is 0 Å². The number of carbonyl (C=O) groups excluding carboxylic acids is 1. The Morgan fingerprint density at radius 1 is 0.769 bits per heavy atom. The molecule has 4 nitrogen and oxygen atoms in total. The standard InChI is InChI=1S/C22H22N2O2/c25-22(24-15-18-9-3-1-4-10-18)16-23-20-13-7-8-14-21(20)26-17-19-11-5-2-6-12-19/h1-14,23H,15-17H2,(H,24,25). The molecule has 132 valence electrons. The highest BCUT2D eigenvalue weighted by atomic mass is 16.5. The number of nitrogens with one attached hydrogen (secondary N) is 2. The molecule has 0 unspecified atom stereocenters. The van der Waals surface area contributed by atoms with Gasteiger partial charge in [-0.15, -0.1) is 0 Å². The molecule has 0 aliphatic carbocycles. The Balaban J connectivity index is 1.50. The van der Waals surface area contributed by atoms with Crippen molar-refractivity contribution < 1.29 is 9.53 Å². The molecule has 0 saturated heterocycles. The van der Waals surface area contributed by atoms with Crippen LogP contribution in [-0.4, -0.2) is 12.5 Å². The second-order valence-electron chi connectivity index (χ2n) is 5.89. The van der Waals surface area contributed by atoms with Crippen molar-refractivity contribution in [2.24, 2.45) is 0 Å². The van der Waals surface area contributed by atoms with Gasteiger partial charge in [0.05, 0.1) is 12.2 Å². The third-order valence-electron chi connectivity index (χ3n) is 3.90. The van der Waals surface area contributed by atoms with E-state index in [2.05, 4.69) is 10.6 Å². The number of ether oxygens (including phenoxy) is 1. The van der Waals surface area contributed by atoms with Crippen LogP contribution in [0, 0.1) is 0 Å². The van der Waals surface area contributed by atoms with Gasteiger partial charge in [-0.1, -0.05) is 72.8 Å². The van der Waals surface area contributed by atoms with Crippen LogP contribution in [0.15, 0.2) is 84.9 Å². The first-order valence-electron chi connectivity index (χ1n) is 8.61. The number of benzene rings is 3. The van der Waals surface area contributed by atoms with Gasteiger partial charge in [0.15, 0.2) is 0 Å². The van der Waals surface area contributed by atoms with Crippen LogP contribution in [0.5, 0.6) is 5.75 Å². The number of carbonyl (C=O) groups is 1. The lowest BCUT2D eigenvalue weighted by atomic mass is 10.2. The maximum atomic E-state index is 12.1. The number of hydrogen-bond donors (Lipinski definition) is 2. The molecule has 0 fully saturated rings. The molecular formula is C22H22N2O2. The normalized spacial score (nSPS) is 10.2. The first kappa shape index (κ1) is 17.5. The van der Waals surface area contributed by atoms with E-state index >= 15 is 0 Å². The van der Waals surface area contributed by atoms with Crippen LogP contribution in [0.4, 0.5) is 5.69 Å². The average Bonchev–Trinajstić information content (AvgIpc) is 2.71. The molecule has 4 heteroatoms. The Labute approximate surface area is 153 Å². The summed E-state index contributed by atoms with van der Waals surface area (Å²) in [6, 6.07) is 27.5. The minimum Gasteiger partial charge on any atom is -0.487 e. The largest absolute Gasteiger partial charge is 0.487 e. The van der Waals surface area contributed by atoms with E-state index < -0.39 is 0 Å². The van der Waals surface area contributed by atoms with Gasteiger partial charge in [0, 0.05) is 6.54 Å². The lowest BCUT2D eigenvalue weighted by molar-refractivity contribution is -0.119. The Morgan fingerprint density at radius 2 is 1.38 bits per heavy atom. The molecule has 2 N–H and O–H groups in total. The van der Waals surface area contributed by atoms with Crippen molar-refractivity contribution in [2.75, 3.05) is 11.9 Å². The predicted octanol–water partition coefficient (Wildman–Crippen LogP) is 3.99. The summed E-state index contributed by atoms with van der Waals surface area (Å²) in [5.74, 6) is 0.666. The molecule has 0 radical (unpaired) electrons. The van der Waals surface area contributed by atoms with Gasteiger partial charge >= 0.3 is 0 Å². The molecule has 0 saturated carbocycles. The minimum atomic E-state index is -0.0632. The van der Waals surface area contributed by atoms with Gasteiger partial charge in [0.25, 0.3) is 0 Å². The highest BCUT2D eigenvalue weighted by molar-refractivity contribution is 5.81. The summed E-state index contributed by atoms with van der Waals surface area (Å²) >= 11 is 0. The van der Waals surface area contributed by atoms with Crippen molar-refractivity contribution in [1.82, 2.24) is 5.32 Å². The second kappa shape index (κ2) is 9.28. The highest BCUT2D eigenvalue weighted by Gasteiger charge is 2.06. The van der Waals surface area contributed by atoms with E-state index in [4.69, 9.17) is 4.74 Å². The zero-order valence-corrected chi connectivity index (χ0v) is 14.5. The molecule has 0 bridgehead atoms. The minimum absolute atomic E-state index is 0.0632. The lowest BCUT2D eigenvalue weighted by Gasteiger charge is -2.13. The van der Waals surface area contributed by atoms with Gasteiger partial charge in [0.1, 0.15) is 12.4 Å². The van der Waals surface area contributed by atoms with Crippen LogP contribution in [0.3, 0.4) is 0 Å². The SMILES string of the molecule is O=C(CNc1ccccc1OCc1ccccc1)NCc1ccccc1. The van der Waals surface area contributed by atoms with E-state index in [1.54, 1.807) is 0 Å². The maximum absolute atomic E-state index is 12.1. The molecule has 26 heavy (non-hydrogen) atoms. The van der Waals surface area contributed by atoms with Gasteiger partial charge in [-0.3, -0.25) is 4.79 Å². The fourth-order valence-corrected chi connectivity index (χ4v) is 2.51. The average molecular weight is 346 g/mol. The summed E-state index contributed by atoms with van der Waals surface area (Å²) in [5, 5.41) is 6.05. The fourth-order valence-electron chi connectivity index (χ4n) is 2.51. The van der Waals surface area contributed by atoms with Gasteiger partial charge < -0.3 is 15.4 Å². The van der Waals surface area contributed by atoms with Gasteiger partial charge in [0.2, 0.25) is 5.91 Å². The third-order valence-corrected chi connectivity index (χ3v) is 3.90. The molecular weight excluding hydrogens is 324 g/mol. The van der Waals surface area contributed by atoms with Crippen molar-refractivity contribution in [3.8, 4) is 5.75 Å². The molecule has 3 rings (SSSR count). The predicted molar refractivity (Wildman–Crippen MR) is 104 cm³/mol. The number of rotatable bonds is 8. The zero-order chi connectivity index (χ0) is 18.0. The Bertz CT molecular complexity index is 820. The molecule has 1 amide bonds. The molecule has 3 aromatic rings. The summed E-state index contributed by atoms with van der Waals surface area (Å²) < 4.78 is 5.89. The van der Waals surface area contributed by atoms with E-state index in [1.807, 2.05) is 84.9 Å². The first-order valence-corrected chi connectivity index (χ1v) is 8.61. The number of hydrogen-bond acceptors (Lipinski definition) is 3. The molecule has 0 aromatic heterocycles. The summed E-state index contributed by atoms with van der Waals surface area (Å²) in [7, 11) is 0. The summed E-state index contributed by atoms with van der Waals surface area (Å²) in [6.07, 6.45) is 0. The van der Waals surface area contributed by atoms with Crippen molar-refractivity contribution in [1.29, 1.82) is 0 Å². The topological polar surface area (TPSA) is 50.4 Å². The van der Waals surface area contributed by atoms with E-state index in [9.17, 15) is 4.79 Å². The van der Waals surface area contributed by atoms with Crippen molar-refractivity contribution >= 4 is 11.6 Å². The number of anilines is 1. The van der Waals surface area contributed by atoms with E-state index in [-0.39, 0.29) is 12.5 Å². The van der Waals surface area contributed by atoms with Crippen LogP contribution in [0.25, 0.3) is 0 Å². The van der Waals surface area contributed by atoms with Crippen molar-refractivity contribution in [3.63, 3.8) is 0 Å². The molecule has 0 heterocycles. The second-order valence-corrected chi connectivity index (χ2v) is 5.89. The Morgan fingerprint density at radius 3 is 2.12 bits per heavy atom. The van der Waals surface area contributed by atoms with E-state index in [0.717, 1.165) is 22.6 Å². The van der Waals surface area contributed by atoms with Crippen LogP contribution in [0.1, 0.15) is 11.1 Å². The van der Waals surface area contributed by atoms with Gasteiger partial charge in [-0.05, 0) is 23.3 Å². The van der Waals surface area contributed by atoms with Crippen molar-refractivity contribution in [2.45, 2.75) is 13.2 Å². The van der Waals surface area contributed by atoms with Crippen LogP contribution in [-0.2, 0) is 17.9 Å². The zero-order valence-electron chi connectivity index (χ0n) is 14.5. The maximum Gasteiger partial charge on any atom is 0.239 e. The Kier molecular flexibility index (Phi) is 6.26. The molecule has 0 aliphatic rings. The number of para-hydroxylation sites is 2. The number of amides is 1. The van der Waals surface area contributed by atoms with Crippen LogP contribution >= 0.6 is 0 Å². The summed E-state index contributed by atoms with van der Waals surface area (Å²) in [5.41, 5.74) is 2.98. The van der Waals surface area contributed by atoms with Crippen molar-refractivity contribution in [3.05, 3.63) is 96.1 Å².